The molecule has 3 rings (SSSR count). The molecule has 3 aromatic carbocycles. The Labute approximate surface area is 172 Å². The number of sulfonamides is 1. The van der Waals surface area contributed by atoms with E-state index in [1.165, 1.54) is 11.8 Å². The van der Waals surface area contributed by atoms with Crippen molar-refractivity contribution in [1.29, 1.82) is 0 Å². The summed E-state index contributed by atoms with van der Waals surface area (Å²) in [6.45, 7) is 1.19. The standard InChI is InChI=1S/C23H26N2O3S/c1-28-21-12-6-10-19(15-21)16-24-17-22-20(14-18-8-4-3-5-9-18)11-7-13-23(22)25-29(2,26)27/h3-13,15,24-25H,14,16-17H2,1-2H3. The second-order valence-corrected chi connectivity index (χ2v) is 8.68. The lowest BCUT2D eigenvalue weighted by atomic mass is 9.98. The summed E-state index contributed by atoms with van der Waals surface area (Å²) < 4.78 is 31.6. The third-order valence-corrected chi connectivity index (χ3v) is 5.16. The Morgan fingerprint density at radius 1 is 0.862 bits per heavy atom. The van der Waals surface area contributed by atoms with E-state index in [9.17, 15) is 8.42 Å². The lowest BCUT2D eigenvalue weighted by molar-refractivity contribution is 0.414. The van der Waals surface area contributed by atoms with Crippen LogP contribution in [0.15, 0.2) is 72.8 Å². The van der Waals surface area contributed by atoms with Crippen molar-refractivity contribution in [3.63, 3.8) is 0 Å². The Morgan fingerprint density at radius 2 is 1.59 bits per heavy atom. The molecule has 29 heavy (non-hydrogen) atoms. The molecule has 0 amide bonds. The summed E-state index contributed by atoms with van der Waals surface area (Å²) in [5.74, 6) is 0.813. The minimum Gasteiger partial charge on any atom is -0.497 e. The van der Waals surface area contributed by atoms with Crippen LogP contribution in [0.4, 0.5) is 5.69 Å². The van der Waals surface area contributed by atoms with Gasteiger partial charge in [-0.2, -0.15) is 0 Å². The average molecular weight is 411 g/mol. The monoisotopic (exact) mass is 410 g/mol. The maximum Gasteiger partial charge on any atom is 0.229 e. The fraction of sp³-hybridized carbons (Fsp3) is 0.217. The summed E-state index contributed by atoms with van der Waals surface area (Å²) in [6, 6.07) is 23.8. The van der Waals surface area contributed by atoms with Gasteiger partial charge < -0.3 is 10.1 Å². The first-order chi connectivity index (χ1) is 13.9. The molecular formula is C23H26N2O3S. The van der Waals surface area contributed by atoms with E-state index in [4.69, 9.17) is 4.74 Å². The quantitative estimate of drug-likeness (QED) is 0.561. The van der Waals surface area contributed by atoms with Gasteiger partial charge in [0.25, 0.3) is 0 Å². The van der Waals surface area contributed by atoms with Gasteiger partial charge in [-0.15, -0.1) is 0 Å². The highest BCUT2D eigenvalue weighted by Crippen LogP contribution is 2.24. The fourth-order valence-electron chi connectivity index (χ4n) is 3.23. The lowest BCUT2D eigenvalue weighted by Crippen LogP contribution is -2.18. The van der Waals surface area contributed by atoms with Gasteiger partial charge in [0, 0.05) is 13.1 Å². The van der Waals surface area contributed by atoms with Crippen molar-refractivity contribution < 1.29 is 13.2 Å². The number of nitrogens with one attached hydrogen (secondary N) is 2. The summed E-state index contributed by atoms with van der Waals surface area (Å²) in [6.07, 6.45) is 1.90. The molecule has 0 aliphatic carbocycles. The first-order valence-electron chi connectivity index (χ1n) is 9.41. The molecule has 2 N–H and O–H groups in total. The molecule has 0 radical (unpaired) electrons. The van der Waals surface area contributed by atoms with Gasteiger partial charge in [0.05, 0.1) is 19.1 Å². The molecule has 0 unspecified atom stereocenters. The van der Waals surface area contributed by atoms with Crippen LogP contribution in [0.2, 0.25) is 0 Å². The lowest BCUT2D eigenvalue weighted by Gasteiger charge is -2.17. The van der Waals surface area contributed by atoms with Crippen LogP contribution >= 0.6 is 0 Å². The second kappa shape index (κ2) is 9.58. The molecule has 0 heterocycles. The van der Waals surface area contributed by atoms with E-state index in [1.54, 1.807) is 13.2 Å². The topological polar surface area (TPSA) is 67.4 Å². The van der Waals surface area contributed by atoms with Gasteiger partial charge in [-0.25, -0.2) is 8.42 Å². The first kappa shape index (κ1) is 20.9. The molecule has 5 nitrogen and oxygen atoms in total. The zero-order chi connectivity index (χ0) is 20.7. The fourth-order valence-corrected chi connectivity index (χ4v) is 3.83. The van der Waals surface area contributed by atoms with E-state index in [1.807, 2.05) is 54.6 Å². The van der Waals surface area contributed by atoms with Gasteiger partial charge in [-0.1, -0.05) is 54.6 Å². The second-order valence-electron chi connectivity index (χ2n) is 6.93. The molecular weight excluding hydrogens is 384 g/mol. The molecule has 6 heteroatoms. The van der Waals surface area contributed by atoms with Crippen LogP contribution in [0, 0.1) is 0 Å². The van der Waals surface area contributed by atoms with E-state index in [0.717, 1.165) is 28.9 Å². The van der Waals surface area contributed by atoms with Crippen LogP contribution in [-0.4, -0.2) is 21.8 Å². The molecule has 0 spiro atoms. The predicted molar refractivity (Wildman–Crippen MR) is 118 cm³/mol. The van der Waals surface area contributed by atoms with E-state index in [0.29, 0.717) is 18.8 Å². The molecule has 0 fully saturated rings. The molecule has 0 atom stereocenters. The number of hydrogen-bond acceptors (Lipinski definition) is 4. The van der Waals surface area contributed by atoms with Crippen LogP contribution in [0.3, 0.4) is 0 Å². The van der Waals surface area contributed by atoms with Crippen LogP contribution in [0.5, 0.6) is 5.75 Å². The highest BCUT2D eigenvalue weighted by Gasteiger charge is 2.12. The Bertz CT molecular complexity index is 1050. The number of hydrogen-bond donors (Lipinski definition) is 2. The third-order valence-electron chi connectivity index (χ3n) is 4.57. The number of benzene rings is 3. The Morgan fingerprint density at radius 3 is 2.31 bits per heavy atom. The number of methoxy groups -OCH3 is 1. The highest BCUT2D eigenvalue weighted by molar-refractivity contribution is 7.92. The Kier molecular flexibility index (Phi) is 6.90. The normalized spacial score (nSPS) is 11.2. The summed E-state index contributed by atoms with van der Waals surface area (Å²) in [7, 11) is -1.72. The van der Waals surface area contributed by atoms with Gasteiger partial charge in [0.2, 0.25) is 10.0 Å². The van der Waals surface area contributed by atoms with Crippen molar-refractivity contribution in [2.75, 3.05) is 18.1 Å². The van der Waals surface area contributed by atoms with Crippen LogP contribution in [0.1, 0.15) is 22.3 Å². The van der Waals surface area contributed by atoms with Gasteiger partial charge in [0.15, 0.2) is 0 Å². The van der Waals surface area contributed by atoms with Crippen molar-refractivity contribution >= 4 is 15.7 Å². The molecule has 0 aliphatic heterocycles. The van der Waals surface area contributed by atoms with Crippen LogP contribution in [0.25, 0.3) is 0 Å². The highest BCUT2D eigenvalue weighted by atomic mass is 32.2. The van der Waals surface area contributed by atoms with Crippen molar-refractivity contribution in [2.45, 2.75) is 19.5 Å². The number of anilines is 1. The largest absolute Gasteiger partial charge is 0.497 e. The zero-order valence-corrected chi connectivity index (χ0v) is 17.5. The zero-order valence-electron chi connectivity index (χ0n) is 16.7. The van der Waals surface area contributed by atoms with E-state index >= 15 is 0 Å². The summed E-state index contributed by atoms with van der Waals surface area (Å²) >= 11 is 0. The summed E-state index contributed by atoms with van der Waals surface area (Å²) in [4.78, 5) is 0. The van der Waals surface area contributed by atoms with Gasteiger partial charge >= 0.3 is 0 Å². The van der Waals surface area contributed by atoms with Gasteiger partial charge in [0.1, 0.15) is 5.75 Å². The molecule has 152 valence electrons. The van der Waals surface area contributed by atoms with Crippen LogP contribution < -0.4 is 14.8 Å². The molecule has 0 aliphatic rings. The number of rotatable bonds is 9. The predicted octanol–water partition coefficient (Wildman–Crippen LogP) is 3.95. The van der Waals surface area contributed by atoms with Crippen molar-refractivity contribution in [1.82, 2.24) is 5.32 Å². The van der Waals surface area contributed by atoms with E-state index in [-0.39, 0.29) is 0 Å². The minimum atomic E-state index is -3.37. The summed E-state index contributed by atoms with van der Waals surface area (Å²) in [5.41, 5.74) is 4.92. The first-order valence-corrected chi connectivity index (χ1v) is 11.3. The minimum absolute atomic E-state index is 0.540. The maximum atomic E-state index is 11.8. The Balaban J connectivity index is 1.82. The molecule has 0 saturated carbocycles. The van der Waals surface area contributed by atoms with Crippen molar-refractivity contribution in [3.8, 4) is 5.75 Å². The average Bonchev–Trinajstić information content (AvgIpc) is 2.70. The van der Waals surface area contributed by atoms with Gasteiger partial charge in [-0.3, -0.25) is 4.72 Å². The third kappa shape index (κ3) is 6.34. The molecule has 0 bridgehead atoms. The van der Waals surface area contributed by atoms with E-state index < -0.39 is 10.0 Å². The Hall–Kier alpha value is -2.83. The van der Waals surface area contributed by atoms with Crippen molar-refractivity contribution in [2.24, 2.45) is 0 Å². The van der Waals surface area contributed by atoms with Crippen LogP contribution in [-0.2, 0) is 29.5 Å². The van der Waals surface area contributed by atoms with Gasteiger partial charge in [-0.05, 0) is 46.9 Å². The SMILES string of the molecule is COc1cccc(CNCc2c(Cc3ccccc3)cccc2NS(C)(=O)=O)c1. The number of ether oxygens (including phenoxy) is 1. The van der Waals surface area contributed by atoms with E-state index in [2.05, 4.69) is 22.2 Å². The summed E-state index contributed by atoms with van der Waals surface area (Å²) in [5, 5.41) is 3.43. The maximum absolute atomic E-state index is 11.8. The van der Waals surface area contributed by atoms with Crippen molar-refractivity contribution in [3.05, 3.63) is 95.1 Å². The molecule has 0 saturated heterocycles. The smallest absolute Gasteiger partial charge is 0.229 e. The molecule has 0 aromatic heterocycles. The molecule has 3 aromatic rings.